The van der Waals surface area contributed by atoms with E-state index in [2.05, 4.69) is 20.2 Å². The first-order chi connectivity index (χ1) is 11.7. The molecule has 3 N–H and O–H groups in total. The minimum absolute atomic E-state index is 0.0296. The van der Waals surface area contributed by atoms with Crippen molar-refractivity contribution >= 4 is 28.5 Å². The van der Waals surface area contributed by atoms with Crippen molar-refractivity contribution in [1.29, 1.82) is 0 Å². The molecule has 3 rings (SSSR count). The van der Waals surface area contributed by atoms with E-state index in [9.17, 15) is 23.3 Å². The van der Waals surface area contributed by atoms with E-state index >= 15 is 0 Å². The molecule has 136 valence electrons. The van der Waals surface area contributed by atoms with Gasteiger partial charge < -0.3 is 20.3 Å². The highest BCUT2D eigenvalue weighted by Gasteiger charge is 2.38. The molecular weight excluding hydrogens is 347 g/mol. The van der Waals surface area contributed by atoms with Gasteiger partial charge in [0.1, 0.15) is 5.82 Å². The standard InChI is InChI=1S/C11H13N5O2.C2HF3O2/c17-16(18)9-7-13-8-1-2-10(14-11(8)9)15-5-3-12-4-6-15;3-2(4,5)1(6)7/h1-2,7,12-13H,3-6H2;(H,6,7). The number of anilines is 1. The van der Waals surface area contributed by atoms with Crippen LogP contribution < -0.4 is 10.2 Å². The molecule has 0 amide bonds. The van der Waals surface area contributed by atoms with Gasteiger partial charge in [-0.05, 0) is 12.1 Å². The number of piperazine rings is 1. The van der Waals surface area contributed by atoms with E-state index in [0.717, 1.165) is 32.0 Å². The second-order valence-corrected chi connectivity index (χ2v) is 5.04. The van der Waals surface area contributed by atoms with Crippen LogP contribution in [-0.4, -0.2) is 58.3 Å². The largest absolute Gasteiger partial charge is 0.490 e. The highest BCUT2D eigenvalue weighted by atomic mass is 19.4. The van der Waals surface area contributed by atoms with Crippen LogP contribution in [0.25, 0.3) is 11.0 Å². The minimum atomic E-state index is -5.08. The Bertz CT molecular complexity index is 771. The number of hydrogen-bond donors (Lipinski definition) is 3. The van der Waals surface area contributed by atoms with Gasteiger partial charge in [0.2, 0.25) is 0 Å². The summed E-state index contributed by atoms with van der Waals surface area (Å²) < 4.78 is 31.7. The number of fused-ring (bicyclic) bond motifs is 1. The molecule has 0 spiro atoms. The van der Waals surface area contributed by atoms with Crippen molar-refractivity contribution in [3.05, 3.63) is 28.4 Å². The third kappa shape index (κ3) is 4.56. The zero-order chi connectivity index (χ0) is 18.6. The van der Waals surface area contributed by atoms with E-state index in [-0.39, 0.29) is 5.69 Å². The summed E-state index contributed by atoms with van der Waals surface area (Å²) in [6, 6.07) is 3.74. The van der Waals surface area contributed by atoms with Gasteiger partial charge in [-0.25, -0.2) is 9.78 Å². The van der Waals surface area contributed by atoms with Crippen molar-refractivity contribution in [3.63, 3.8) is 0 Å². The number of hydrogen-bond acceptors (Lipinski definition) is 6. The van der Waals surface area contributed by atoms with Crippen LogP contribution in [0, 0.1) is 10.1 Å². The van der Waals surface area contributed by atoms with Crippen LogP contribution in [0.1, 0.15) is 0 Å². The predicted octanol–water partition coefficient (Wildman–Crippen LogP) is 1.51. The number of carbonyl (C=O) groups is 1. The van der Waals surface area contributed by atoms with Gasteiger partial charge in [-0.1, -0.05) is 0 Å². The molecule has 2 aromatic rings. The van der Waals surface area contributed by atoms with Gasteiger partial charge in [0.15, 0.2) is 5.52 Å². The lowest BCUT2D eigenvalue weighted by Crippen LogP contribution is -2.43. The number of nitrogens with one attached hydrogen (secondary N) is 2. The summed E-state index contributed by atoms with van der Waals surface area (Å²) in [4.78, 5) is 28.8. The summed E-state index contributed by atoms with van der Waals surface area (Å²) in [5.74, 6) is -1.96. The van der Waals surface area contributed by atoms with Crippen molar-refractivity contribution < 1.29 is 28.0 Å². The zero-order valence-electron chi connectivity index (χ0n) is 12.7. The lowest BCUT2D eigenvalue weighted by Gasteiger charge is -2.28. The van der Waals surface area contributed by atoms with Gasteiger partial charge in [-0.3, -0.25) is 10.1 Å². The topological polar surface area (TPSA) is 124 Å². The number of nitro groups is 1. The summed E-state index contributed by atoms with van der Waals surface area (Å²) in [7, 11) is 0. The number of pyridine rings is 1. The quantitative estimate of drug-likeness (QED) is 0.547. The summed E-state index contributed by atoms with van der Waals surface area (Å²) in [5.41, 5.74) is 1.15. The first-order valence-electron chi connectivity index (χ1n) is 7.08. The Morgan fingerprint density at radius 1 is 1.32 bits per heavy atom. The van der Waals surface area contributed by atoms with Crippen LogP contribution in [0.3, 0.4) is 0 Å². The Hall–Kier alpha value is -2.89. The molecule has 1 saturated heterocycles. The zero-order valence-corrected chi connectivity index (χ0v) is 12.7. The summed E-state index contributed by atoms with van der Waals surface area (Å²) in [6.45, 7) is 3.57. The van der Waals surface area contributed by atoms with Crippen molar-refractivity contribution in [3.8, 4) is 0 Å². The van der Waals surface area contributed by atoms with Crippen LogP contribution in [0.2, 0.25) is 0 Å². The molecule has 0 aromatic carbocycles. The molecule has 12 heteroatoms. The Kier molecular flexibility index (Phi) is 5.41. The van der Waals surface area contributed by atoms with E-state index < -0.39 is 17.1 Å². The Balaban J connectivity index is 0.000000277. The first kappa shape index (κ1) is 18.4. The third-order valence-corrected chi connectivity index (χ3v) is 3.37. The molecule has 9 nitrogen and oxygen atoms in total. The Morgan fingerprint density at radius 2 is 1.92 bits per heavy atom. The fraction of sp³-hybridized carbons (Fsp3) is 0.385. The molecule has 1 aliphatic rings. The molecule has 0 atom stereocenters. The maximum atomic E-state index is 10.9. The van der Waals surface area contributed by atoms with E-state index in [1.807, 2.05) is 12.1 Å². The second kappa shape index (κ2) is 7.34. The Morgan fingerprint density at radius 3 is 2.44 bits per heavy atom. The lowest BCUT2D eigenvalue weighted by atomic mass is 10.3. The molecule has 2 aromatic heterocycles. The molecule has 0 radical (unpaired) electrons. The highest BCUT2D eigenvalue weighted by Crippen LogP contribution is 2.25. The fourth-order valence-electron chi connectivity index (χ4n) is 2.18. The average molecular weight is 361 g/mol. The molecule has 0 aliphatic carbocycles. The number of nitrogens with zero attached hydrogens (tertiary/aromatic N) is 3. The van der Waals surface area contributed by atoms with E-state index in [0.29, 0.717) is 11.0 Å². The minimum Gasteiger partial charge on any atom is -0.475 e. The number of rotatable bonds is 2. The number of H-pyrrole nitrogens is 1. The number of aliphatic carboxylic acids is 1. The summed E-state index contributed by atoms with van der Waals surface area (Å²) in [5, 5.41) is 21.3. The number of aromatic nitrogens is 2. The van der Waals surface area contributed by atoms with Gasteiger partial charge in [0.05, 0.1) is 16.6 Å². The first-order valence-corrected chi connectivity index (χ1v) is 7.08. The maximum absolute atomic E-state index is 10.9. The maximum Gasteiger partial charge on any atom is 0.490 e. The lowest BCUT2D eigenvalue weighted by molar-refractivity contribution is -0.383. The molecule has 0 unspecified atom stereocenters. The number of alkyl halides is 3. The number of halogens is 3. The fourth-order valence-corrected chi connectivity index (χ4v) is 2.18. The molecule has 0 saturated carbocycles. The normalized spacial score (nSPS) is 14.8. The average Bonchev–Trinajstić information content (AvgIpc) is 2.98. The van der Waals surface area contributed by atoms with Gasteiger partial charge in [-0.15, -0.1) is 0 Å². The molecule has 1 aliphatic heterocycles. The molecule has 25 heavy (non-hydrogen) atoms. The van der Waals surface area contributed by atoms with Gasteiger partial charge in [0.25, 0.3) is 0 Å². The summed E-state index contributed by atoms with van der Waals surface area (Å²) in [6.07, 6.45) is -3.70. The van der Waals surface area contributed by atoms with Crippen molar-refractivity contribution in [2.24, 2.45) is 0 Å². The third-order valence-electron chi connectivity index (χ3n) is 3.37. The van der Waals surface area contributed by atoms with Gasteiger partial charge >= 0.3 is 17.8 Å². The van der Waals surface area contributed by atoms with Crippen LogP contribution in [0.4, 0.5) is 24.7 Å². The number of aromatic amines is 1. The van der Waals surface area contributed by atoms with Crippen molar-refractivity contribution in [1.82, 2.24) is 15.3 Å². The number of carboxylic acid groups (broad SMARTS) is 1. The van der Waals surface area contributed by atoms with E-state index in [1.54, 1.807) is 0 Å². The Labute approximate surface area is 138 Å². The molecule has 3 heterocycles. The van der Waals surface area contributed by atoms with Crippen LogP contribution in [0.15, 0.2) is 18.3 Å². The van der Waals surface area contributed by atoms with Crippen molar-refractivity contribution in [2.45, 2.75) is 6.18 Å². The molecular formula is C13H14F3N5O4. The van der Waals surface area contributed by atoms with Gasteiger partial charge in [0, 0.05) is 26.2 Å². The number of carboxylic acids is 1. The van der Waals surface area contributed by atoms with Gasteiger partial charge in [-0.2, -0.15) is 13.2 Å². The summed E-state index contributed by atoms with van der Waals surface area (Å²) >= 11 is 0. The van der Waals surface area contributed by atoms with Crippen LogP contribution in [-0.2, 0) is 4.79 Å². The highest BCUT2D eigenvalue weighted by molar-refractivity contribution is 5.86. The molecule has 1 fully saturated rings. The smallest absolute Gasteiger partial charge is 0.475 e. The van der Waals surface area contributed by atoms with Crippen LogP contribution in [0.5, 0.6) is 0 Å². The monoisotopic (exact) mass is 361 g/mol. The molecule has 0 bridgehead atoms. The second-order valence-electron chi connectivity index (χ2n) is 5.04. The van der Waals surface area contributed by atoms with Crippen LogP contribution >= 0.6 is 0 Å². The predicted molar refractivity (Wildman–Crippen MR) is 81.5 cm³/mol. The SMILES string of the molecule is O=C(O)C(F)(F)F.O=[N+]([O-])c1c[nH]c2ccc(N3CCNCC3)nc12. The van der Waals surface area contributed by atoms with E-state index in [1.165, 1.54) is 6.20 Å². The van der Waals surface area contributed by atoms with E-state index in [4.69, 9.17) is 9.90 Å². The van der Waals surface area contributed by atoms with Crippen molar-refractivity contribution in [2.75, 3.05) is 31.1 Å².